The molecule has 2 rings (SSSR count). The SMILES string of the molecule is CC1=CSC(=C2C(=O)N(C)C(=S)N(CCCCCC(=O)OO)C2=O)S1. The number of hydrogen-bond acceptors (Lipinski definition) is 8. The van der Waals surface area contributed by atoms with E-state index in [9.17, 15) is 14.4 Å². The summed E-state index contributed by atoms with van der Waals surface area (Å²) in [5, 5.41) is 10.3. The number of allylic oxidation sites excluding steroid dienone is 1. The van der Waals surface area contributed by atoms with E-state index >= 15 is 0 Å². The molecule has 1 saturated heterocycles. The summed E-state index contributed by atoms with van der Waals surface area (Å²) in [5.74, 6) is -1.43. The van der Waals surface area contributed by atoms with Crippen LogP contribution in [0.25, 0.3) is 0 Å². The maximum atomic E-state index is 12.8. The molecule has 0 radical (unpaired) electrons. The smallest absolute Gasteiger partial charge is 0.301 e. The molecular formula is C15H18N2O5S3. The number of amides is 2. The quantitative estimate of drug-likeness (QED) is 0.181. The van der Waals surface area contributed by atoms with Crippen molar-refractivity contribution >= 4 is 58.6 Å². The van der Waals surface area contributed by atoms with E-state index in [-0.39, 0.29) is 28.9 Å². The van der Waals surface area contributed by atoms with Crippen molar-refractivity contribution in [1.82, 2.24) is 9.80 Å². The Labute approximate surface area is 159 Å². The number of nitrogens with zero attached hydrogens (tertiary/aromatic N) is 2. The van der Waals surface area contributed by atoms with Gasteiger partial charge in [0.2, 0.25) is 0 Å². The third-order valence-electron chi connectivity index (χ3n) is 3.65. The molecule has 1 N–H and O–H groups in total. The Balaban J connectivity index is 2.02. The molecule has 0 saturated carbocycles. The zero-order valence-corrected chi connectivity index (χ0v) is 16.3. The van der Waals surface area contributed by atoms with Crippen LogP contribution >= 0.6 is 35.7 Å². The molecule has 136 valence electrons. The lowest BCUT2D eigenvalue weighted by molar-refractivity contribution is -0.234. The molecule has 2 heterocycles. The largest absolute Gasteiger partial charge is 0.342 e. The summed E-state index contributed by atoms with van der Waals surface area (Å²) in [7, 11) is 1.56. The van der Waals surface area contributed by atoms with Gasteiger partial charge in [-0.1, -0.05) is 29.9 Å². The zero-order chi connectivity index (χ0) is 18.6. The summed E-state index contributed by atoms with van der Waals surface area (Å²) >= 11 is 8.03. The second-order valence-electron chi connectivity index (χ2n) is 5.49. The van der Waals surface area contributed by atoms with Crippen molar-refractivity contribution in [3.63, 3.8) is 0 Å². The molecular weight excluding hydrogens is 384 g/mol. The monoisotopic (exact) mass is 402 g/mol. The number of hydrogen-bond donors (Lipinski definition) is 1. The fraction of sp³-hybridized carbons (Fsp3) is 0.467. The summed E-state index contributed by atoms with van der Waals surface area (Å²) < 4.78 is 0.678. The first-order valence-corrected chi connectivity index (χ1v) is 9.71. The molecule has 0 unspecified atom stereocenters. The highest BCUT2D eigenvalue weighted by atomic mass is 32.2. The van der Waals surface area contributed by atoms with Crippen LogP contribution in [0.15, 0.2) is 20.1 Å². The number of carbonyl (C=O) groups is 3. The Morgan fingerprint density at radius 3 is 2.60 bits per heavy atom. The van der Waals surface area contributed by atoms with Crippen LogP contribution in [0.3, 0.4) is 0 Å². The highest BCUT2D eigenvalue weighted by Gasteiger charge is 2.40. The van der Waals surface area contributed by atoms with Gasteiger partial charge in [0.25, 0.3) is 11.8 Å². The summed E-state index contributed by atoms with van der Waals surface area (Å²) in [5.41, 5.74) is 0.156. The Bertz CT molecular complexity index is 674. The van der Waals surface area contributed by atoms with Gasteiger partial charge in [-0.2, -0.15) is 5.26 Å². The second kappa shape index (κ2) is 8.84. The van der Waals surface area contributed by atoms with Crippen molar-refractivity contribution in [2.24, 2.45) is 0 Å². The molecule has 0 spiro atoms. The molecule has 2 amide bonds. The van der Waals surface area contributed by atoms with E-state index in [1.807, 2.05) is 12.3 Å². The third kappa shape index (κ3) is 4.63. The lowest BCUT2D eigenvalue weighted by Crippen LogP contribution is -2.55. The summed E-state index contributed by atoms with van der Waals surface area (Å²) in [6, 6.07) is 0. The van der Waals surface area contributed by atoms with Gasteiger partial charge >= 0.3 is 5.97 Å². The minimum Gasteiger partial charge on any atom is -0.301 e. The topological polar surface area (TPSA) is 87.2 Å². The number of rotatable bonds is 6. The normalized spacial score (nSPS) is 21.1. The van der Waals surface area contributed by atoms with Crippen molar-refractivity contribution in [2.45, 2.75) is 32.6 Å². The van der Waals surface area contributed by atoms with E-state index in [2.05, 4.69) is 4.89 Å². The highest BCUT2D eigenvalue weighted by molar-refractivity contribution is 8.28. The standard InChI is InChI=1S/C15H18N2O5S3/c1-9-8-24-14(25-9)11-12(19)16(2)15(23)17(13(11)20)7-5-3-4-6-10(18)22-21/h8,21H,3-7H2,1-2H3. The van der Waals surface area contributed by atoms with Crippen molar-refractivity contribution in [3.8, 4) is 0 Å². The fourth-order valence-corrected chi connectivity index (χ4v) is 4.78. The van der Waals surface area contributed by atoms with Gasteiger partial charge in [-0.15, -0.1) is 0 Å². The third-order valence-corrected chi connectivity index (χ3v) is 6.55. The van der Waals surface area contributed by atoms with Gasteiger partial charge in [0.05, 0.1) is 4.24 Å². The molecule has 0 aliphatic carbocycles. The highest BCUT2D eigenvalue weighted by Crippen LogP contribution is 2.46. The van der Waals surface area contributed by atoms with E-state index in [0.29, 0.717) is 30.0 Å². The van der Waals surface area contributed by atoms with Gasteiger partial charge in [-0.3, -0.25) is 19.4 Å². The molecule has 7 nitrogen and oxygen atoms in total. The fourth-order valence-electron chi connectivity index (χ4n) is 2.32. The Morgan fingerprint density at radius 2 is 2.00 bits per heavy atom. The van der Waals surface area contributed by atoms with Crippen molar-refractivity contribution in [1.29, 1.82) is 0 Å². The molecule has 25 heavy (non-hydrogen) atoms. The maximum absolute atomic E-state index is 12.8. The van der Waals surface area contributed by atoms with E-state index in [1.165, 1.54) is 33.3 Å². The molecule has 0 atom stereocenters. The Morgan fingerprint density at radius 1 is 1.28 bits per heavy atom. The summed E-state index contributed by atoms with van der Waals surface area (Å²) in [6.07, 6.45) is 1.93. The predicted octanol–water partition coefficient (Wildman–Crippen LogP) is 2.70. The molecule has 0 aromatic carbocycles. The van der Waals surface area contributed by atoms with Crippen molar-refractivity contribution in [3.05, 3.63) is 20.1 Å². The summed E-state index contributed by atoms with van der Waals surface area (Å²) in [4.78, 5) is 43.5. The first-order chi connectivity index (χ1) is 11.9. The van der Waals surface area contributed by atoms with Crippen LogP contribution in [0.2, 0.25) is 0 Å². The lowest BCUT2D eigenvalue weighted by Gasteiger charge is -2.35. The minimum atomic E-state index is -0.680. The second-order valence-corrected chi connectivity index (χ2v) is 8.25. The molecule has 0 aromatic heterocycles. The van der Waals surface area contributed by atoms with Crippen LogP contribution in [-0.2, 0) is 19.3 Å². The average molecular weight is 403 g/mol. The van der Waals surface area contributed by atoms with Gasteiger partial charge in [-0.25, -0.2) is 4.79 Å². The first kappa shape index (κ1) is 20.0. The van der Waals surface area contributed by atoms with Gasteiger partial charge in [0.1, 0.15) is 5.57 Å². The average Bonchev–Trinajstić information content (AvgIpc) is 3.01. The summed E-state index contributed by atoms with van der Waals surface area (Å²) in [6.45, 7) is 2.29. The molecule has 0 bridgehead atoms. The van der Waals surface area contributed by atoms with Gasteiger partial charge in [-0.05, 0) is 42.3 Å². The molecule has 0 aromatic rings. The van der Waals surface area contributed by atoms with Crippen LogP contribution in [0.5, 0.6) is 0 Å². The van der Waals surface area contributed by atoms with E-state index in [1.54, 1.807) is 7.05 Å². The van der Waals surface area contributed by atoms with Crippen LogP contribution in [-0.4, -0.2) is 51.5 Å². The Kier molecular flexibility index (Phi) is 7.05. The number of carbonyl (C=O) groups excluding carboxylic acids is 3. The van der Waals surface area contributed by atoms with Crippen LogP contribution in [0.4, 0.5) is 0 Å². The predicted molar refractivity (Wildman–Crippen MR) is 100 cm³/mol. The zero-order valence-electron chi connectivity index (χ0n) is 13.8. The van der Waals surface area contributed by atoms with E-state index in [4.69, 9.17) is 17.5 Å². The van der Waals surface area contributed by atoms with Crippen LogP contribution in [0.1, 0.15) is 32.6 Å². The van der Waals surface area contributed by atoms with Crippen LogP contribution < -0.4 is 0 Å². The van der Waals surface area contributed by atoms with E-state index < -0.39 is 5.97 Å². The molecule has 2 aliphatic rings. The van der Waals surface area contributed by atoms with Gasteiger partial charge < -0.3 is 4.89 Å². The van der Waals surface area contributed by atoms with Crippen LogP contribution in [0, 0.1) is 0 Å². The Hall–Kier alpha value is -1.36. The molecule has 1 fully saturated rings. The molecule has 10 heteroatoms. The first-order valence-electron chi connectivity index (χ1n) is 7.60. The van der Waals surface area contributed by atoms with Gasteiger partial charge in [0.15, 0.2) is 5.11 Å². The maximum Gasteiger partial charge on any atom is 0.342 e. The van der Waals surface area contributed by atoms with Crippen molar-refractivity contribution in [2.75, 3.05) is 13.6 Å². The number of unbranched alkanes of at least 4 members (excludes halogenated alkanes) is 2. The van der Waals surface area contributed by atoms with E-state index in [0.717, 1.165) is 4.91 Å². The molecule has 2 aliphatic heterocycles. The lowest BCUT2D eigenvalue weighted by atomic mass is 10.1. The van der Waals surface area contributed by atoms with Crippen molar-refractivity contribution < 1.29 is 24.5 Å². The number of thioether (sulfide) groups is 2. The minimum absolute atomic E-state index is 0.112. The van der Waals surface area contributed by atoms with Gasteiger partial charge in [0, 0.05) is 20.0 Å². The number of likely N-dealkylation sites (N-methyl/N-ethyl adjacent to an activating group) is 1. The number of thiocarbonyl (C=S) groups is 1.